The lowest BCUT2D eigenvalue weighted by molar-refractivity contribution is -0.132. The number of alkyl halides is 1. The summed E-state index contributed by atoms with van der Waals surface area (Å²) < 4.78 is 0. The predicted octanol–water partition coefficient (Wildman–Crippen LogP) is 3.45. The Morgan fingerprint density at radius 2 is 1.94 bits per heavy atom. The molecule has 94 valence electrons. The van der Waals surface area contributed by atoms with Gasteiger partial charge in [-0.2, -0.15) is 0 Å². The molecule has 16 heavy (non-hydrogen) atoms. The van der Waals surface area contributed by atoms with Gasteiger partial charge < -0.3 is 4.90 Å². The third-order valence-electron chi connectivity index (χ3n) is 3.61. The Bertz CT molecular complexity index is 210. The topological polar surface area (TPSA) is 20.3 Å². The maximum Gasteiger partial charge on any atom is 0.222 e. The second-order valence-corrected chi connectivity index (χ2v) is 5.90. The van der Waals surface area contributed by atoms with Gasteiger partial charge in [0.1, 0.15) is 0 Å². The number of nitrogens with zero attached hydrogens (tertiary/aromatic N) is 1. The molecule has 1 amide bonds. The minimum absolute atomic E-state index is 0.364. The van der Waals surface area contributed by atoms with E-state index in [0.717, 1.165) is 49.5 Å². The Morgan fingerprint density at radius 1 is 1.31 bits per heavy atom. The van der Waals surface area contributed by atoms with Crippen molar-refractivity contribution in [2.24, 2.45) is 11.8 Å². The molecule has 3 heteroatoms. The highest BCUT2D eigenvalue weighted by Gasteiger charge is 2.23. The fourth-order valence-electron chi connectivity index (χ4n) is 2.34. The first-order chi connectivity index (χ1) is 7.65. The number of amides is 1. The summed E-state index contributed by atoms with van der Waals surface area (Å²) in [5.41, 5.74) is 0. The molecular formula is C13H24BrNO. The van der Waals surface area contributed by atoms with Crippen molar-refractivity contribution in [3.8, 4) is 0 Å². The SMILES string of the molecule is CC(C)C1CCN(C(=O)CCCCBr)CC1. The quantitative estimate of drug-likeness (QED) is 0.561. The van der Waals surface area contributed by atoms with Crippen molar-refractivity contribution < 1.29 is 4.79 Å². The van der Waals surface area contributed by atoms with Gasteiger partial charge in [0.05, 0.1) is 0 Å². The highest BCUT2D eigenvalue weighted by Crippen LogP contribution is 2.24. The van der Waals surface area contributed by atoms with E-state index in [1.54, 1.807) is 0 Å². The van der Waals surface area contributed by atoms with Crippen LogP contribution >= 0.6 is 15.9 Å². The molecule has 0 radical (unpaired) electrons. The highest BCUT2D eigenvalue weighted by atomic mass is 79.9. The lowest BCUT2D eigenvalue weighted by atomic mass is 9.86. The monoisotopic (exact) mass is 289 g/mol. The smallest absolute Gasteiger partial charge is 0.222 e. The van der Waals surface area contributed by atoms with Crippen LogP contribution in [0.25, 0.3) is 0 Å². The first-order valence-corrected chi connectivity index (χ1v) is 7.61. The van der Waals surface area contributed by atoms with Gasteiger partial charge in [0, 0.05) is 24.8 Å². The summed E-state index contributed by atoms with van der Waals surface area (Å²) in [7, 11) is 0. The fraction of sp³-hybridized carbons (Fsp3) is 0.923. The Morgan fingerprint density at radius 3 is 2.44 bits per heavy atom. The molecule has 1 aliphatic rings. The summed E-state index contributed by atoms with van der Waals surface area (Å²) in [5.74, 6) is 1.96. The van der Waals surface area contributed by atoms with Crippen LogP contribution in [0.3, 0.4) is 0 Å². The molecule has 1 heterocycles. The van der Waals surface area contributed by atoms with Crippen LogP contribution in [-0.4, -0.2) is 29.2 Å². The average molecular weight is 290 g/mol. The van der Waals surface area contributed by atoms with Gasteiger partial charge in [-0.25, -0.2) is 0 Å². The Kier molecular flexibility index (Phi) is 6.40. The van der Waals surface area contributed by atoms with E-state index < -0.39 is 0 Å². The summed E-state index contributed by atoms with van der Waals surface area (Å²) in [6.07, 6.45) is 5.25. The molecule has 0 aromatic heterocycles. The van der Waals surface area contributed by atoms with Crippen LogP contribution in [0.4, 0.5) is 0 Å². The lowest BCUT2D eigenvalue weighted by Crippen LogP contribution is -2.39. The standard InChI is InChI=1S/C13H24BrNO/c1-11(2)12-6-9-15(10-7-12)13(16)5-3-4-8-14/h11-12H,3-10H2,1-2H3. The number of unbranched alkanes of at least 4 members (excludes halogenated alkanes) is 1. The van der Waals surface area contributed by atoms with Gasteiger partial charge in [0.15, 0.2) is 0 Å². The van der Waals surface area contributed by atoms with Crippen molar-refractivity contribution in [1.82, 2.24) is 4.90 Å². The van der Waals surface area contributed by atoms with E-state index in [1.165, 1.54) is 12.8 Å². The van der Waals surface area contributed by atoms with E-state index in [2.05, 4.69) is 34.7 Å². The van der Waals surface area contributed by atoms with Crippen LogP contribution in [0.2, 0.25) is 0 Å². The van der Waals surface area contributed by atoms with Crippen molar-refractivity contribution in [1.29, 1.82) is 0 Å². The lowest BCUT2D eigenvalue weighted by Gasteiger charge is -2.34. The normalized spacial score (nSPS) is 18.1. The zero-order valence-electron chi connectivity index (χ0n) is 10.5. The molecule has 2 nitrogen and oxygen atoms in total. The molecule has 0 aromatic carbocycles. The largest absolute Gasteiger partial charge is 0.343 e. The maximum absolute atomic E-state index is 11.9. The molecule has 0 atom stereocenters. The molecule has 0 N–H and O–H groups in total. The van der Waals surface area contributed by atoms with Crippen LogP contribution in [0.1, 0.15) is 46.0 Å². The number of piperidine rings is 1. The summed E-state index contributed by atoms with van der Waals surface area (Å²) in [6, 6.07) is 0. The van der Waals surface area contributed by atoms with E-state index in [-0.39, 0.29) is 0 Å². The van der Waals surface area contributed by atoms with Crippen LogP contribution in [-0.2, 0) is 4.79 Å². The van der Waals surface area contributed by atoms with E-state index in [1.807, 2.05) is 0 Å². The zero-order valence-corrected chi connectivity index (χ0v) is 12.1. The molecule has 0 aliphatic carbocycles. The molecule has 0 aromatic rings. The molecule has 0 unspecified atom stereocenters. The van der Waals surface area contributed by atoms with Gasteiger partial charge in [0.25, 0.3) is 0 Å². The number of carbonyl (C=O) groups is 1. The van der Waals surface area contributed by atoms with Gasteiger partial charge in [-0.15, -0.1) is 0 Å². The van der Waals surface area contributed by atoms with Crippen molar-refractivity contribution >= 4 is 21.8 Å². The Hall–Kier alpha value is -0.0500. The van der Waals surface area contributed by atoms with Gasteiger partial charge >= 0.3 is 0 Å². The number of likely N-dealkylation sites (tertiary alicyclic amines) is 1. The van der Waals surface area contributed by atoms with E-state index in [4.69, 9.17) is 0 Å². The second-order valence-electron chi connectivity index (χ2n) is 5.11. The minimum Gasteiger partial charge on any atom is -0.343 e. The molecule has 0 bridgehead atoms. The minimum atomic E-state index is 0.364. The van der Waals surface area contributed by atoms with E-state index >= 15 is 0 Å². The number of rotatable bonds is 5. The molecule has 1 aliphatic heterocycles. The van der Waals surface area contributed by atoms with Crippen molar-refractivity contribution in [2.45, 2.75) is 46.0 Å². The summed E-state index contributed by atoms with van der Waals surface area (Å²) in [6.45, 7) is 6.54. The van der Waals surface area contributed by atoms with Crippen LogP contribution in [0.5, 0.6) is 0 Å². The van der Waals surface area contributed by atoms with Gasteiger partial charge in [-0.1, -0.05) is 29.8 Å². The van der Waals surface area contributed by atoms with E-state index in [9.17, 15) is 4.79 Å². The predicted molar refractivity (Wildman–Crippen MR) is 71.8 cm³/mol. The molecular weight excluding hydrogens is 266 g/mol. The number of halogens is 1. The van der Waals surface area contributed by atoms with E-state index in [0.29, 0.717) is 5.91 Å². The Balaban J connectivity index is 2.22. The summed E-state index contributed by atoms with van der Waals surface area (Å²) in [4.78, 5) is 13.9. The highest BCUT2D eigenvalue weighted by molar-refractivity contribution is 9.09. The Labute approximate surface area is 108 Å². The van der Waals surface area contributed by atoms with Gasteiger partial charge in [-0.05, 0) is 37.5 Å². The van der Waals surface area contributed by atoms with Crippen LogP contribution in [0.15, 0.2) is 0 Å². The molecule has 1 saturated heterocycles. The zero-order chi connectivity index (χ0) is 12.0. The fourth-order valence-corrected chi connectivity index (χ4v) is 2.74. The third kappa shape index (κ3) is 4.44. The average Bonchev–Trinajstić information content (AvgIpc) is 2.29. The first kappa shape index (κ1) is 14.0. The summed E-state index contributed by atoms with van der Waals surface area (Å²) in [5, 5.41) is 1.01. The second kappa shape index (κ2) is 7.31. The number of carbonyl (C=O) groups excluding carboxylic acids is 1. The molecule has 1 rings (SSSR count). The van der Waals surface area contributed by atoms with Crippen molar-refractivity contribution in [3.05, 3.63) is 0 Å². The number of hydrogen-bond acceptors (Lipinski definition) is 1. The van der Waals surface area contributed by atoms with Crippen LogP contribution < -0.4 is 0 Å². The van der Waals surface area contributed by atoms with Crippen LogP contribution in [0, 0.1) is 11.8 Å². The molecule has 0 spiro atoms. The summed E-state index contributed by atoms with van der Waals surface area (Å²) >= 11 is 3.39. The van der Waals surface area contributed by atoms with Crippen molar-refractivity contribution in [3.63, 3.8) is 0 Å². The molecule has 1 fully saturated rings. The van der Waals surface area contributed by atoms with Gasteiger partial charge in [0.2, 0.25) is 5.91 Å². The maximum atomic E-state index is 11.9. The first-order valence-electron chi connectivity index (χ1n) is 6.49. The molecule has 0 saturated carbocycles. The van der Waals surface area contributed by atoms with Gasteiger partial charge in [-0.3, -0.25) is 4.79 Å². The van der Waals surface area contributed by atoms with Crippen molar-refractivity contribution in [2.75, 3.05) is 18.4 Å². The number of hydrogen-bond donors (Lipinski definition) is 0. The third-order valence-corrected chi connectivity index (χ3v) is 4.17.